The third-order valence-electron chi connectivity index (χ3n) is 12.9. The summed E-state index contributed by atoms with van der Waals surface area (Å²) in [5.41, 5.74) is 0. The third-order valence-corrected chi connectivity index (χ3v) is 13.9. The number of unbranched alkanes of at least 4 members (excludes halogenated alkanes) is 34. The van der Waals surface area contributed by atoms with E-state index in [0.717, 1.165) is 70.6 Å². The summed E-state index contributed by atoms with van der Waals surface area (Å²) in [7, 11) is 1.16. The molecule has 69 heavy (non-hydrogen) atoms. The van der Waals surface area contributed by atoms with E-state index in [4.69, 9.17) is 18.5 Å². The van der Waals surface area contributed by atoms with Crippen molar-refractivity contribution in [1.29, 1.82) is 0 Å². The fraction of sp³-hybridized carbons (Fsp3) is 0.864. The number of rotatable bonds is 54. The molecule has 9 nitrogen and oxygen atoms in total. The maximum Gasteiger partial charge on any atom is 0.306 e. The predicted octanol–water partition coefficient (Wildman–Crippen LogP) is 17.4. The Morgan fingerprint density at radius 3 is 1.23 bits per heavy atom. The summed E-state index contributed by atoms with van der Waals surface area (Å²) in [4.78, 5) is 37.8. The molecule has 2 atom stereocenters. The molecule has 0 N–H and O–H groups in total. The molecule has 0 saturated heterocycles. The van der Waals surface area contributed by atoms with Gasteiger partial charge in [0.05, 0.1) is 27.7 Å². The van der Waals surface area contributed by atoms with E-state index in [2.05, 4.69) is 50.3 Å². The minimum Gasteiger partial charge on any atom is -0.756 e. The molecule has 2 unspecified atom stereocenters. The van der Waals surface area contributed by atoms with Gasteiger partial charge in [-0.1, -0.05) is 256 Å². The topological polar surface area (TPSA) is 111 Å². The highest BCUT2D eigenvalue weighted by Crippen LogP contribution is 2.38. The molecule has 0 aromatic rings. The largest absolute Gasteiger partial charge is 0.756 e. The summed E-state index contributed by atoms with van der Waals surface area (Å²) in [6.45, 7) is 4.14. The lowest BCUT2D eigenvalue weighted by atomic mass is 10.0. The summed E-state index contributed by atoms with van der Waals surface area (Å²) >= 11 is 0. The highest BCUT2D eigenvalue weighted by molar-refractivity contribution is 7.45. The van der Waals surface area contributed by atoms with Gasteiger partial charge in [-0.2, -0.15) is 0 Å². The molecular weight excluding hydrogens is 882 g/mol. The molecular formula is C59H112NO8P. The number of esters is 2. The zero-order valence-electron chi connectivity index (χ0n) is 46.0. The van der Waals surface area contributed by atoms with Crippen molar-refractivity contribution in [1.82, 2.24) is 0 Å². The van der Waals surface area contributed by atoms with Crippen LogP contribution >= 0.6 is 7.82 Å². The minimum atomic E-state index is -4.64. The average Bonchev–Trinajstić information content (AvgIpc) is 3.31. The van der Waals surface area contributed by atoms with Crippen LogP contribution in [0.15, 0.2) is 36.5 Å². The monoisotopic (exact) mass is 994 g/mol. The Labute approximate surface area is 427 Å². The number of quaternary nitrogens is 1. The van der Waals surface area contributed by atoms with Crippen molar-refractivity contribution in [3.63, 3.8) is 0 Å². The van der Waals surface area contributed by atoms with Crippen LogP contribution in [0.1, 0.15) is 277 Å². The van der Waals surface area contributed by atoms with Crippen molar-refractivity contribution in [2.45, 2.75) is 283 Å². The van der Waals surface area contributed by atoms with Crippen molar-refractivity contribution < 1.29 is 42.1 Å². The molecule has 406 valence electrons. The van der Waals surface area contributed by atoms with Crippen LogP contribution in [0.2, 0.25) is 0 Å². The van der Waals surface area contributed by atoms with Crippen molar-refractivity contribution in [3.05, 3.63) is 36.5 Å². The summed E-state index contributed by atoms with van der Waals surface area (Å²) in [6, 6.07) is 0. The number of hydrogen-bond donors (Lipinski definition) is 0. The minimum absolute atomic E-state index is 0.0335. The van der Waals surface area contributed by atoms with Crippen LogP contribution in [0.5, 0.6) is 0 Å². The van der Waals surface area contributed by atoms with Gasteiger partial charge in [0.2, 0.25) is 0 Å². The molecule has 0 aliphatic heterocycles. The predicted molar refractivity (Wildman–Crippen MR) is 291 cm³/mol. The van der Waals surface area contributed by atoms with E-state index in [1.807, 2.05) is 21.1 Å². The number of allylic oxidation sites excluding steroid dienone is 6. The molecule has 0 rings (SSSR count). The van der Waals surface area contributed by atoms with Gasteiger partial charge in [0.1, 0.15) is 19.8 Å². The van der Waals surface area contributed by atoms with E-state index in [-0.39, 0.29) is 32.0 Å². The van der Waals surface area contributed by atoms with Gasteiger partial charge in [-0.15, -0.1) is 0 Å². The standard InChI is InChI=1S/C59H112NO8P/c1-6-8-10-12-14-16-18-20-22-23-24-25-26-27-28-29-30-31-32-33-34-35-36-38-39-41-43-45-47-49-51-58(61)65-55-57(56-67-69(63,64)66-54-53-60(3,4)5)68-59(62)52-50-48-46-44-42-40-37-21-19-17-15-13-11-9-7-2/h9,11,15,17,21,37,57H,6-8,10,12-14,16,18-20,22-36,38-56H2,1-5H3/b11-9-,17-15-,37-21-. The van der Waals surface area contributed by atoms with Gasteiger partial charge in [0.15, 0.2) is 6.10 Å². The molecule has 0 aliphatic rings. The average molecular weight is 995 g/mol. The normalized spacial score (nSPS) is 13.5. The second-order valence-electron chi connectivity index (χ2n) is 21.0. The quantitative estimate of drug-likeness (QED) is 0.0195. The molecule has 0 bridgehead atoms. The van der Waals surface area contributed by atoms with Gasteiger partial charge >= 0.3 is 11.9 Å². The highest BCUT2D eigenvalue weighted by Gasteiger charge is 2.22. The number of carbonyl (C=O) groups excluding carboxylic acids is 2. The SMILES string of the molecule is CC/C=C\C/C=C\C/C=C\CCCCCCCC(=O)OC(COC(=O)CCCCCCCCCCCCCCCCCCCCCCCCCCCCCCCC)COP(=O)([O-])OCC[N+](C)(C)C. The molecule has 0 aliphatic carbocycles. The van der Waals surface area contributed by atoms with E-state index in [1.54, 1.807) is 0 Å². The van der Waals surface area contributed by atoms with Crippen molar-refractivity contribution in [2.24, 2.45) is 0 Å². The Kier molecular flexibility index (Phi) is 49.8. The van der Waals surface area contributed by atoms with Crippen LogP contribution in [0, 0.1) is 0 Å². The second-order valence-corrected chi connectivity index (χ2v) is 22.4. The fourth-order valence-electron chi connectivity index (χ4n) is 8.44. The first-order valence-electron chi connectivity index (χ1n) is 29.2. The molecule has 0 fully saturated rings. The van der Waals surface area contributed by atoms with Crippen LogP contribution < -0.4 is 4.89 Å². The van der Waals surface area contributed by atoms with Crippen LogP contribution in [-0.2, 0) is 32.7 Å². The maximum absolute atomic E-state index is 12.7. The van der Waals surface area contributed by atoms with Crippen molar-refractivity contribution in [2.75, 3.05) is 47.5 Å². The van der Waals surface area contributed by atoms with Gasteiger partial charge in [-0.3, -0.25) is 14.2 Å². The smallest absolute Gasteiger partial charge is 0.306 e. The van der Waals surface area contributed by atoms with Crippen LogP contribution in [0.4, 0.5) is 0 Å². The van der Waals surface area contributed by atoms with Crippen LogP contribution in [-0.4, -0.2) is 70.0 Å². The lowest BCUT2D eigenvalue weighted by Gasteiger charge is -2.28. The first-order chi connectivity index (χ1) is 33.5. The van der Waals surface area contributed by atoms with E-state index >= 15 is 0 Å². The first kappa shape index (κ1) is 67.2. The number of phosphoric ester groups is 1. The zero-order valence-corrected chi connectivity index (χ0v) is 46.9. The highest BCUT2D eigenvalue weighted by atomic mass is 31.2. The van der Waals surface area contributed by atoms with Gasteiger partial charge in [0, 0.05) is 12.8 Å². The number of hydrogen-bond acceptors (Lipinski definition) is 8. The zero-order chi connectivity index (χ0) is 50.6. The van der Waals surface area contributed by atoms with Gasteiger partial charge < -0.3 is 27.9 Å². The Bertz CT molecular complexity index is 1260. The molecule has 0 heterocycles. The number of likely N-dealkylation sites (N-methyl/N-ethyl adjacent to an activating group) is 1. The fourth-order valence-corrected chi connectivity index (χ4v) is 9.17. The van der Waals surface area contributed by atoms with Crippen LogP contribution in [0.3, 0.4) is 0 Å². The lowest BCUT2D eigenvalue weighted by molar-refractivity contribution is -0.870. The van der Waals surface area contributed by atoms with Gasteiger partial charge in [-0.05, 0) is 44.9 Å². The Morgan fingerprint density at radius 2 is 0.826 bits per heavy atom. The number of phosphoric acid groups is 1. The summed E-state index contributed by atoms with van der Waals surface area (Å²) in [5, 5.41) is 0. The first-order valence-corrected chi connectivity index (χ1v) is 30.7. The molecule has 0 amide bonds. The maximum atomic E-state index is 12.7. The molecule has 0 radical (unpaired) electrons. The Balaban J connectivity index is 4.02. The van der Waals surface area contributed by atoms with E-state index < -0.39 is 26.5 Å². The molecule has 0 spiro atoms. The molecule has 10 heteroatoms. The van der Waals surface area contributed by atoms with Gasteiger partial charge in [-0.25, -0.2) is 0 Å². The van der Waals surface area contributed by atoms with E-state index in [1.165, 1.54) is 173 Å². The van der Waals surface area contributed by atoms with E-state index in [0.29, 0.717) is 17.4 Å². The molecule has 0 saturated carbocycles. The van der Waals surface area contributed by atoms with Crippen molar-refractivity contribution in [3.8, 4) is 0 Å². The lowest BCUT2D eigenvalue weighted by Crippen LogP contribution is -2.37. The van der Waals surface area contributed by atoms with E-state index in [9.17, 15) is 19.0 Å². The second kappa shape index (κ2) is 51.1. The Morgan fingerprint density at radius 1 is 0.464 bits per heavy atom. The molecule has 0 aromatic carbocycles. The summed E-state index contributed by atoms with van der Waals surface area (Å²) in [6.07, 6.45) is 62.1. The van der Waals surface area contributed by atoms with Crippen molar-refractivity contribution >= 4 is 19.8 Å². The van der Waals surface area contributed by atoms with Gasteiger partial charge in [0.25, 0.3) is 7.82 Å². The number of nitrogens with zero attached hydrogens (tertiary/aromatic N) is 1. The Hall–Kier alpha value is -1.77. The number of ether oxygens (including phenoxy) is 2. The summed E-state index contributed by atoms with van der Waals surface area (Å²) in [5.74, 6) is -0.842. The summed E-state index contributed by atoms with van der Waals surface area (Å²) < 4.78 is 34.1. The third kappa shape index (κ3) is 55.4. The number of carbonyl (C=O) groups is 2. The van der Waals surface area contributed by atoms with Crippen LogP contribution in [0.25, 0.3) is 0 Å². The molecule has 0 aromatic heterocycles.